The molecule has 20 heavy (non-hydrogen) atoms. The quantitative estimate of drug-likeness (QED) is 0.889. The Hall–Kier alpha value is -1.52. The van der Waals surface area contributed by atoms with Crippen molar-refractivity contribution in [2.75, 3.05) is 0 Å². The van der Waals surface area contributed by atoms with Gasteiger partial charge in [0.15, 0.2) is 0 Å². The Morgan fingerprint density at radius 3 is 2.90 bits per heavy atom. The van der Waals surface area contributed by atoms with Gasteiger partial charge in [-0.3, -0.25) is 0 Å². The summed E-state index contributed by atoms with van der Waals surface area (Å²) < 4.78 is 7.71. The highest BCUT2D eigenvalue weighted by Crippen LogP contribution is 2.23. The third-order valence-electron chi connectivity index (χ3n) is 3.52. The Morgan fingerprint density at radius 2 is 2.20 bits per heavy atom. The van der Waals surface area contributed by atoms with E-state index >= 15 is 0 Å². The maximum absolute atomic E-state index is 5.97. The van der Waals surface area contributed by atoms with Crippen LogP contribution in [-0.4, -0.2) is 15.6 Å². The van der Waals surface area contributed by atoms with Crippen LogP contribution in [0.1, 0.15) is 24.2 Å². The van der Waals surface area contributed by atoms with Gasteiger partial charge >= 0.3 is 0 Å². The second-order valence-electron chi connectivity index (χ2n) is 5.11. The largest absolute Gasteiger partial charge is 0.485 e. The molecule has 1 aromatic carbocycles. The van der Waals surface area contributed by atoms with Gasteiger partial charge in [-0.05, 0) is 18.9 Å². The molecule has 0 saturated heterocycles. The first-order valence-electron chi connectivity index (χ1n) is 6.84. The van der Waals surface area contributed by atoms with Gasteiger partial charge in [0.25, 0.3) is 0 Å². The molecule has 0 amide bonds. The second kappa shape index (κ2) is 5.85. The topological polar surface area (TPSA) is 39.1 Å². The Balaban J connectivity index is 1.65. The first-order valence-corrected chi connectivity index (χ1v) is 7.22. The van der Waals surface area contributed by atoms with E-state index in [1.165, 1.54) is 18.4 Å². The number of nitrogens with zero attached hydrogens (tertiary/aromatic N) is 2. The van der Waals surface area contributed by atoms with Crippen molar-refractivity contribution in [1.82, 2.24) is 14.9 Å². The summed E-state index contributed by atoms with van der Waals surface area (Å²) >= 11 is 5.97. The average Bonchev–Trinajstić information content (AvgIpc) is 3.24. The van der Waals surface area contributed by atoms with Crippen LogP contribution < -0.4 is 10.1 Å². The van der Waals surface area contributed by atoms with Crippen molar-refractivity contribution in [2.45, 2.75) is 32.0 Å². The summed E-state index contributed by atoms with van der Waals surface area (Å²) in [5.41, 5.74) is 1.18. The lowest BCUT2D eigenvalue weighted by molar-refractivity contribution is 0.288. The zero-order chi connectivity index (χ0) is 13.9. The third kappa shape index (κ3) is 3.14. The molecular weight excluding hydrogens is 274 g/mol. The van der Waals surface area contributed by atoms with Crippen molar-refractivity contribution in [3.05, 3.63) is 47.0 Å². The van der Waals surface area contributed by atoms with E-state index in [9.17, 15) is 0 Å². The minimum atomic E-state index is 0.420. The fourth-order valence-corrected chi connectivity index (χ4v) is 2.18. The number of imidazole rings is 1. The van der Waals surface area contributed by atoms with Gasteiger partial charge in [-0.15, -0.1) is 0 Å². The monoisotopic (exact) mass is 291 g/mol. The van der Waals surface area contributed by atoms with Crippen LogP contribution >= 0.6 is 11.6 Å². The normalized spacial score (nSPS) is 14.5. The number of benzene rings is 1. The fourth-order valence-electron chi connectivity index (χ4n) is 2.03. The summed E-state index contributed by atoms with van der Waals surface area (Å²) in [5, 5.41) is 4.12. The standard InChI is InChI=1S/C15H18ClN3O/c1-19-14(16)9-18-15(19)10-20-13-5-3-2-4-11(13)8-17-12-6-7-12/h2-5,9,12,17H,6-8,10H2,1H3. The Morgan fingerprint density at radius 1 is 1.40 bits per heavy atom. The lowest BCUT2D eigenvalue weighted by Gasteiger charge is -2.12. The van der Waals surface area contributed by atoms with Crippen LogP contribution in [0.15, 0.2) is 30.5 Å². The smallest absolute Gasteiger partial charge is 0.147 e. The molecule has 4 nitrogen and oxygen atoms in total. The average molecular weight is 292 g/mol. The van der Waals surface area contributed by atoms with Gasteiger partial charge in [0, 0.05) is 25.2 Å². The van der Waals surface area contributed by atoms with E-state index in [2.05, 4.69) is 16.4 Å². The Labute approximate surface area is 123 Å². The molecule has 0 bridgehead atoms. The maximum Gasteiger partial charge on any atom is 0.147 e. The zero-order valence-corrected chi connectivity index (χ0v) is 12.2. The molecule has 1 N–H and O–H groups in total. The van der Waals surface area contributed by atoms with Gasteiger partial charge < -0.3 is 14.6 Å². The number of ether oxygens (including phenoxy) is 1. The van der Waals surface area contributed by atoms with E-state index in [-0.39, 0.29) is 0 Å². The van der Waals surface area contributed by atoms with Gasteiger partial charge in [0.2, 0.25) is 0 Å². The van der Waals surface area contributed by atoms with Crippen molar-refractivity contribution >= 4 is 11.6 Å². The molecule has 0 radical (unpaired) electrons. The molecule has 0 spiro atoms. The number of nitrogens with one attached hydrogen (secondary N) is 1. The lowest BCUT2D eigenvalue weighted by Crippen LogP contribution is -2.16. The van der Waals surface area contributed by atoms with Crippen molar-refractivity contribution < 1.29 is 4.74 Å². The summed E-state index contributed by atoms with van der Waals surface area (Å²) in [5.74, 6) is 1.72. The van der Waals surface area contributed by atoms with Crippen molar-refractivity contribution in [1.29, 1.82) is 0 Å². The van der Waals surface area contributed by atoms with Gasteiger partial charge in [-0.2, -0.15) is 0 Å². The molecule has 1 heterocycles. The van der Waals surface area contributed by atoms with Gasteiger partial charge in [-0.1, -0.05) is 29.8 Å². The summed E-state index contributed by atoms with van der Waals surface area (Å²) in [6, 6.07) is 8.80. The molecule has 0 atom stereocenters. The molecule has 1 aliphatic carbocycles. The van der Waals surface area contributed by atoms with Crippen LogP contribution in [0.25, 0.3) is 0 Å². The summed E-state index contributed by atoms with van der Waals surface area (Å²) in [6.45, 7) is 1.27. The Bertz CT molecular complexity index is 593. The highest BCUT2D eigenvalue weighted by Gasteiger charge is 2.20. The predicted molar refractivity (Wildman–Crippen MR) is 78.9 cm³/mol. The highest BCUT2D eigenvalue weighted by molar-refractivity contribution is 6.29. The molecule has 5 heteroatoms. The highest BCUT2D eigenvalue weighted by atomic mass is 35.5. The molecule has 0 unspecified atom stereocenters. The zero-order valence-electron chi connectivity index (χ0n) is 11.5. The van der Waals surface area contributed by atoms with E-state index in [4.69, 9.17) is 16.3 Å². The van der Waals surface area contributed by atoms with Crippen molar-refractivity contribution in [2.24, 2.45) is 7.05 Å². The van der Waals surface area contributed by atoms with Crippen molar-refractivity contribution in [3.63, 3.8) is 0 Å². The van der Waals surface area contributed by atoms with E-state index in [1.807, 2.05) is 29.8 Å². The Kier molecular flexibility index (Phi) is 3.94. The molecule has 0 aliphatic heterocycles. The molecule has 1 aromatic heterocycles. The van der Waals surface area contributed by atoms with Crippen molar-refractivity contribution in [3.8, 4) is 5.75 Å². The summed E-state index contributed by atoms with van der Waals surface area (Å²) in [6.07, 6.45) is 4.21. The molecular formula is C15H18ClN3O. The molecule has 1 saturated carbocycles. The number of hydrogen-bond acceptors (Lipinski definition) is 3. The molecule has 106 valence electrons. The number of para-hydroxylation sites is 1. The van der Waals surface area contributed by atoms with E-state index in [0.29, 0.717) is 17.8 Å². The van der Waals surface area contributed by atoms with Crippen LogP contribution in [0, 0.1) is 0 Å². The lowest BCUT2D eigenvalue weighted by atomic mass is 10.2. The minimum absolute atomic E-state index is 0.420. The SMILES string of the molecule is Cn1c(Cl)cnc1COc1ccccc1CNC1CC1. The first-order chi connectivity index (χ1) is 9.74. The fraction of sp³-hybridized carbons (Fsp3) is 0.400. The van der Waals surface area contributed by atoms with Crippen LogP contribution in [0.4, 0.5) is 0 Å². The summed E-state index contributed by atoms with van der Waals surface area (Å²) in [7, 11) is 1.88. The molecule has 2 aromatic rings. The van der Waals surface area contributed by atoms with Crippen LogP contribution in [0.3, 0.4) is 0 Å². The van der Waals surface area contributed by atoms with E-state index < -0.39 is 0 Å². The number of aromatic nitrogens is 2. The van der Waals surface area contributed by atoms with Gasteiger partial charge in [0.05, 0.1) is 6.20 Å². The molecule has 1 fully saturated rings. The predicted octanol–water partition coefficient (Wildman–Crippen LogP) is 2.90. The molecule has 1 aliphatic rings. The number of halogens is 1. The van der Waals surface area contributed by atoms with Gasteiger partial charge in [0.1, 0.15) is 23.3 Å². The van der Waals surface area contributed by atoms with E-state index in [0.717, 1.165) is 18.1 Å². The van der Waals surface area contributed by atoms with Crippen LogP contribution in [0.2, 0.25) is 5.15 Å². The van der Waals surface area contributed by atoms with E-state index in [1.54, 1.807) is 6.20 Å². The van der Waals surface area contributed by atoms with Crippen LogP contribution in [0.5, 0.6) is 5.75 Å². The molecule has 3 rings (SSSR count). The van der Waals surface area contributed by atoms with Crippen LogP contribution in [-0.2, 0) is 20.2 Å². The maximum atomic E-state index is 5.97. The minimum Gasteiger partial charge on any atom is -0.485 e. The number of hydrogen-bond donors (Lipinski definition) is 1. The first kappa shape index (κ1) is 13.5. The van der Waals surface area contributed by atoms with Gasteiger partial charge in [-0.25, -0.2) is 4.98 Å². The number of rotatable bonds is 6. The second-order valence-corrected chi connectivity index (χ2v) is 5.49. The third-order valence-corrected chi connectivity index (χ3v) is 3.87. The summed E-state index contributed by atoms with van der Waals surface area (Å²) in [4.78, 5) is 4.23.